The summed E-state index contributed by atoms with van der Waals surface area (Å²) in [5.41, 5.74) is 6.83. The van der Waals surface area contributed by atoms with Crippen LogP contribution < -0.4 is 20.7 Å². The van der Waals surface area contributed by atoms with E-state index in [0.717, 1.165) is 0 Å². The highest BCUT2D eigenvalue weighted by Crippen LogP contribution is 2.36. The number of nitrogens with one attached hydrogen (secondary N) is 1. The van der Waals surface area contributed by atoms with Gasteiger partial charge in [0.05, 0.1) is 12.3 Å². The minimum absolute atomic E-state index is 0.00717. The summed E-state index contributed by atoms with van der Waals surface area (Å²) in [6, 6.07) is 5.08. The smallest absolute Gasteiger partial charge is 0.268 e. The zero-order valence-electron chi connectivity index (χ0n) is 13.7. The summed E-state index contributed by atoms with van der Waals surface area (Å²) < 4.78 is 10.7. The number of nitrogens with two attached hydrogens (primary N) is 1. The molecule has 1 unspecified atom stereocenters. The van der Waals surface area contributed by atoms with Crippen molar-refractivity contribution in [1.82, 2.24) is 5.32 Å². The second-order valence-electron chi connectivity index (χ2n) is 5.78. The number of fused-ring (bicyclic) bond motifs is 1. The maximum Gasteiger partial charge on any atom is 0.268 e. The molecule has 0 saturated carbocycles. The molecule has 7 heteroatoms. The van der Waals surface area contributed by atoms with E-state index in [-0.39, 0.29) is 24.3 Å². The number of hydrogen-bond acceptors (Lipinski definition) is 5. The van der Waals surface area contributed by atoms with Crippen molar-refractivity contribution < 1.29 is 19.1 Å². The lowest BCUT2D eigenvalue weighted by atomic mass is 10.0. The number of rotatable bonds is 6. The Kier molecular flexibility index (Phi) is 5.44. The number of anilines is 2. The number of methoxy groups -OCH3 is 1. The molecule has 0 spiro atoms. The number of carbonyl (C=O) groups excluding carboxylic acids is 2. The fourth-order valence-corrected chi connectivity index (χ4v) is 2.38. The quantitative estimate of drug-likeness (QED) is 0.596. The van der Waals surface area contributed by atoms with E-state index in [1.807, 2.05) is 13.8 Å². The minimum atomic E-state index is -0.613. The monoisotopic (exact) mass is 321 g/mol. The molecule has 126 valence electrons. The number of benzene rings is 1. The number of nitrogen functional groups attached to an aromatic ring is 1. The van der Waals surface area contributed by atoms with Gasteiger partial charge in [-0.15, -0.1) is 0 Å². The van der Waals surface area contributed by atoms with Gasteiger partial charge in [-0.2, -0.15) is 0 Å². The van der Waals surface area contributed by atoms with Crippen LogP contribution >= 0.6 is 0 Å². The van der Waals surface area contributed by atoms with Gasteiger partial charge in [-0.3, -0.25) is 14.5 Å². The zero-order chi connectivity index (χ0) is 17.0. The van der Waals surface area contributed by atoms with Gasteiger partial charge in [0, 0.05) is 19.3 Å². The molecule has 7 nitrogen and oxygen atoms in total. The minimum Gasteiger partial charge on any atom is -0.478 e. The summed E-state index contributed by atoms with van der Waals surface area (Å²) in [5, 5.41) is 2.71. The molecule has 0 radical (unpaired) electrons. The molecule has 3 N–H and O–H groups in total. The Bertz CT molecular complexity index is 589. The Morgan fingerprint density at radius 1 is 1.48 bits per heavy atom. The van der Waals surface area contributed by atoms with Gasteiger partial charge in [0.15, 0.2) is 6.10 Å². The Labute approximate surface area is 135 Å². The highest BCUT2D eigenvalue weighted by Gasteiger charge is 2.37. The molecular formula is C16H23N3O4. The molecule has 2 rings (SSSR count). The fraction of sp³-hybridized carbons (Fsp3) is 0.500. The van der Waals surface area contributed by atoms with Crippen molar-refractivity contribution in [1.29, 1.82) is 0 Å². The second kappa shape index (κ2) is 7.32. The zero-order valence-corrected chi connectivity index (χ0v) is 13.7. The molecule has 1 aromatic rings. The van der Waals surface area contributed by atoms with E-state index in [9.17, 15) is 9.59 Å². The maximum absolute atomic E-state index is 12.7. The molecule has 1 atom stereocenters. The fourth-order valence-electron chi connectivity index (χ4n) is 2.38. The van der Waals surface area contributed by atoms with Crippen LogP contribution in [0.5, 0.6) is 5.75 Å². The van der Waals surface area contributed by atoms with Gasteiger partial charge < -0.3 is 20.5 Å². The van der Waals surface area contributed by atoms with Crippen LogP contribution in [-0.2, 0) is 14.3 Å². The Hall–Kier alpha value is -2.28. The van der Waals surface area contributed by atoms with E-state index in [1.54, 1.807) is 25.3 Å². The van der Waals surface area contributed by atoms with Crippen LogP contribution in [-0.4, -0.2) is 44.7 Å². The maximum atomic E-state index is 12.7. The number of ether oxygens (including phenoxy) is 2. The molecule has 1 aromatic carbocycles. The lowest BCUT2D eigenvalue weighted by molar-refractivity contribution is -0.130. The van der Waals surface area contributed by atoms with Crippen LogP contribution in [0.4, 0.5) is 11.4 Å². The van der Waals surface area contributed by atoms with E-state index in [2.05, 4.69) is 5.32 Å². The molecule has 1 aliphatic rings. The van der Waals surface area contributed by atoms with E-state index in [1.165, 1.54) is 4.90 Å². The number of hydrogen-bond donors (Lipinski definition) is 2. The summed E-state index contributed by atoms with van der Waals surface area (Å²) in [5.74, 6) is 0.0580. The first kappa shape index (κ1) is 17.1. The third-order valence-electron chi connectivity index (χ3n) is 3.57. The van der Waals surface area contributed by atoms with Crippen molar-refractivity contribution in [2.45, 2.75) is 20.0 Å². The van der Waals surface area contributed by atoms with Crippen molar-refractivity contribution in [3.05, 3.63) is 18.2 Å². The van der Waals surface area contributed by atoms with Crippen LogP contribution in [0.2, 0.25) is 0 Å². The van der Waals surface area contributed by atoms with Crippen LogP contribution in [0.3, 0.4) is 0 Å². The Balaban J connectivity index is 2.23. The lowest BCUT2D eigenvalue weighted by Gasteiger charge is -2.35. The van der Waals surface area contributed by atoms with E-state index >= 15 is 0 Å². The largest absolute Gasteiger partial charge is 0.478 e. The van der Waals surface area contributed by atoms with Crippen molar-refractivity contribution in [3.8, 4) is 5.75 Å². The van der Waals surface area contributed by atoms with Crippen molar-refractivity contribution in [3.63, 3.8) is 0 Å². The molecule has 0 aliphatic carbocycles. The Morgan fingerprint density at radius 3 is 2.87 bits per heavy atom. The molecule has 0 aromatic heterocycles. The van der Waals surface area contributed by atoms with Gasteiger partial charge in [0.1, 0.15) is 12.3 Å². The Morgan fingerprint density at radius 2 is 2.22 bits per heavy atom. The molecule has 0 fully saturated rings. The van der Waals surface area contributed by atoms with E-state index in [0.29, 0.717) is 30.3 Å². The third kappa shape index (κ3) is 3.92. The van der Waals surface area contributed by atoms with Crippen LogP contribution in [0.15, 0.2) is 18.2 Å². The topological polar surface area (TPSA) is 93.9 Å². The first-order valence-electron chi connectivity index (χ1n) is 7.57. The number of amides is 2. The standard InChI is InChI=1S/C16H23N3O4/c1-10(2)15-16(21)19(9-14(20)18-6-7-22-3)12-8-11(17)4-5-13(12)23-15/h4-5,8,10,15H,6-7,9,17H2,1-3H3,(H,18,20). The average molecular weight is 321 g/mol. The predicted octanol–water partition coefficient (Wildman–Crippen LogP) is 0.781. The van der Waals surface area contributed by atoms with Crippen LogP contribution in [0, 0.1) is 5.92 Å². The van der Waals surface area contributed by atoms with Gasteiger partial charge in [-0.25, -0.2) is 0 Å². The summed E-state index contributed by atoms with van der Waals surface area (Å²) in [4.78, 5) is 26.2. The van der Waals surface area contributed by atoms with Gasteiger partial charge in [-0.05, 0) is 24.1 Å². The average Bonchev–Trinajstić information content (AvgIpc) is 2.50. The lowest BCUT2D eigenvalue weighted by Crippen LogP contribution is -2.51. The molecular weight excluding hydrogens is 298 g/mol. The van der Waals surface area contributed by atoms with E-state index in [4.69, 9.17) is 15.2 Å². The predicted molar refractivity (Wildman–Crippen MR) is 87.3 cm³/mol. The number of carbonyl (C=O) groups is 2. The summed E-state index contributed by atoms with van der Waals surface area (Å²) in [6.45, 7) is 4.54. The normalized spacial score (nSPS) is 17.0. The molecule has 2 amide bonds. The highest BCUT2D eigenvalue weighted by atomic mass is 16.5. The molecule has 0 saturated heterocycles. The summed E-state index contributed by atoms with van der Waals surface area (Å²) in [6.07, 6.45) is -0.613. The van der Waals surface area contributed by atoms with Crippen molar-refractivity contribution in [2.75, 3.05) is 37.4 Å². The van der Waals surface area contributed by atoms with E-state index < -0.39 is 6.10 Å². The van der Waals surface area contributed by atoms with Crippen molar-refractivity contribution >= 4 is 23.2 Å². The second-order valence-corrected chi connectivity index (χ2v) is 5.78. The summed E-state index contributed by atoms with van der Waals surface area (Å²) >= 11 is 0. The van der Waals surface area contributed by atoms with Gasteiger partial charge in [0.25, 0.3) is 5.91 Å². The van der Waals surface area contributed by atoms with Gasteiger partial charge in [0.2, 0.25) is 5.91 Å². The van der Waals surface area contributed by atoms with Crippen LogP contribution in [0.25, 0.3) is 0 Å². The first-order valence-corrected chi connectivity index (χ1v) is 7.57. The molecule has 1 heterocycles. The van der Waals surface area contributed by atoms with Gasteiger partial charge >= 0.3 is 0 Å². The number of nitrogens with zero attached hydrogens (tertiary/aromatic N) is 1. The molecule has 0 bridgehead atoms. The van der Waals surface area contributed by atoms with Gasteiger partial charge in [-0.1, -0.05) is 13.8 Å². The molecule has 1 aliphatic heterocycles. The summed E-state index contributed by atoms with van der Waals surface area (Å²) in [7, 11) is 1.56. The van der Waals surface area contributed by atoms with Crippen molar-refractivity contribution in [2.24, 2.45) is 5.92 Å². The van der Waals surface area contributed by atoms with Crippen LogP contribution in [0.1, 0.15) is 13.8 Å². The SMILES string of the molecule is COCCNC(=O)CN1C(=O)C(C(C)C)Oc2ccc(N)cc21. The highest BCUT2D eigenvalue weighted by molar-refractivity contribution is 6.04. The molecule has 23 heavy (non-hydrogen) atoms. The third-order valence-corrected chi connectivity index (χ3v) is 3.57. The first-order chi connectivity index (χ1) is 10.9.